The van der Waals surface area contributed by atoms with E-state index in [0.717, 1.165) is 37.3 Å². The van der Waals surface area contributed by atoms with Crippen LogP contribution in [0, 0.1) is 0 Å². The van der Waals surface area contributed by atoms with E-state index in [-0.39, 0.29) is 6.10 Å². The molecule has 0 radical (unpaired) electrons. The van der Waals surface area contributed by atoms with E-state index in [9.17, 15) is 0 Å². The van der Waals surface area contributed by atoms with Gasteiger partial charge in [0.25, 0.3) is 0 Å². The topological polar surface area (TPSA) is 27.1 Å². The Morgan fingerprint density at radius 3 is 3.00 bits per heavy atom. The van der Waals surface area contributed by atoms with Crippen molar-refractivity contribution in [1.82, 2.24) is 9.55 Å². The summed E-state index contributed by atoms with van der Waals surface area (Å²) in [5, 5.41) is 0. The third kappa shape index (κ3) is 2.52. The van der Waals surface area contributed by atoms with Crippen molar-refractivity contribution in [2.24, 2.45) is 0 Å². The second-order valence-corrected chi connectivity index (χ2v) is 5.32. The van der Waals surface area contributed by atoms with Crippen molar-refractivity contribution in [2.75, 3.05) is 6.61 Å². The molecule has 0 bridgehead atoms. The number of para-hydroxylation sites is 2. The van der Waals surface area contributed by atoms with Crippen LogP contribution >= 0.6 is 0 Å². The van der Waals surface area contributed by atoms with Crippen molar-refractivity contribution in [3.63, 3.8) is 0 Å². The van der Waals surface area contributed by atoms with Gasteiger partial charge in [0, 0.05) is 13.2 Å². The van der Waals surface area contributed by atoms with Crippen LogP contribution in [-0.4, -0.2) is 16.2 Å². The first kappa shape index (κ1) is 12.7. The Morgan fingerprint density at radius 2 is 2.21 bits per heavy atom. The lowest BCUT2D eigenvalue weighted by Gasteiger charge is -2.13. The summed E-state index contributed by atoms with van der Waals surface area (Å²) in [6, 6.07) is 8.43. The van der Waals surface area contributed by atoms with Gasteiger partial charge in [0.1, 0.15) is 11.9 Å². The van der Waals surface area contributed by atoms with Gasteiger partial charge in [0.05, 0.1) is 11.0 Å². The van der Waals surface area contributed by atoms with Crippen molar-refractivity contribution in [3.05, 3.63) is 30.1 Å². The van der Waals surface area contributed by atoms with E-state index in [0.29, 0.717) is 0 Å². The molecule has 0 aliphatic carbocycles. The quantitative estimate of drug-likeness (QED) is 0.756. The van der Waals surface area contributed by atoms with Crippen LogP contribution < -0.4 is 0 Å². The highest BCUT2D eigenvalue weighted by atomic mass is 16.5. The largest absolute Gasteiger partial charge is 0.370 e. The van der Waals surface area contributed by atoms with Crippen molar-refractivity contribution in [1.29, 1.82) is 0 Å². The van der Waals surface area contributed by atoms with Crippen molar-refractivity contribution >= 4 is 11.0 Å². The van der Waals surface area contributed by atoms with Gasteiger partial charge in [-0.1, -0.05) is 31.9 Å². The van der Waals surface area contributed by atoms with Crippen molar-refractivity contribution in [3.8, 4) is 0 Å². The molecule has 0 unspecified atom stereocenters. The molecule has 0 N–H and O–H groups in total. The average Bonchev–Trinajstić information content (AvgIpc) is 3.06. The van der Waals surface area contributed by atoms with Crippen molar-refractivity contribution < 1.29 is 4.74 Å². The van der Waals surface area contributed by atoms with E-state index in [1.54, 1.807) is 0 Å². The Balaban J connectivity index is 1.95. The Hall–Kier alpha value is -1.35. The minimum atomic E-state index is 0.203. The lowest BCUT2D eigenvalue weighted by Crippen LogP contribution is -2.08. The highest BCUT2D eigenvalue weighted by Crippen LogP contribution is 2.30. The van der Waals surface area contributed by atoms with E-state index in [4.69, 9.17) is 9.72 Å². The number of hydrogen-bond acceptors (Lipinski definition) is 2. The average molecular weight is 258 g/mol. The van der Waals surface area contributed by atoms with Gasteiger partial charge in [-0.2, -0.15) is 0 Å². The lowest BCUT2D eigenvalue weighted by molar-refractivity contribution is 0.102. The van der Waals surface area contributed by atoms with E-state index in [1.165, 1.54) is 24.8 Å². The van der Waals surface area contributed by atoms with E-state index in [2.05, 4.69) is 35.8 Å². The highest BCUT2D eigenvalue weighted by Gasteiger charge is 2.24. The minimum absolute atomic E-state index is 0.203. The molecule has 0 amide bonds. The Labute approximate surface area is 114 Å². The lowest BCUT2D eigenvalue weighted by atomic mass is 10.2. The summed E-state index contributed by atoms with van der Waals surface area (Å²) in [6.45, 7) is 4.18. The van der Waals surface area contributed by atoms with Gasteiger partial charge in [-0.3, -0.25) is 0 Å². The predicted molar refractivity (Wildman–Crippen MR) is 77.2 cm³/mol. The van der Waals surface area contributed by atoms with Gasteiger partial charge < -0.3 is 9.30 Å². The molecule has 1 atom stereocenters. The van der Waals surface area contributed by atoms with Gasteiger partial charge in [-0.25, -0.2) is 4.98 Å². The van der Waals surface area contributed by atoms with E-state index >= 15 is 0 Å². The fraction of sp³-hybridized carbons (Fsp3) is 0.562. The fourth-order valence-electron chi connectivity index (χ4n) is 2.88. The number of ether oxygens (including phenoxy) is 1. The first-order valence-corrected chi connectivity index (χ1v) is 7.47. The molecule has 1 aromatic heterocycles. The Kier molecular flexibility index (Phi) is 3.83. The molecule has 2 heterocycles. The van der Waals surface area contributed by atoms with Crippen LogP contribution in [0.1, 0.15) is 51.0 Å². The zero-order chi connectivity index (χ0) is 13.1. The van der Waals surface area contributed by atoms with Crippen LogP contribution in [0.3, 0.4) is 0 Å². The monoisotopic (exact) mass is 258 g/mol. The first-order valence-electron chi connectivity index (χ1n) is 7.47. The molecule has 19 heavy (non-hydrogen) atoms. The fourth-order valence-corrected chi connectivity index (χ4v) is 2.88. The first-order chi connectivity index (χ1) is 9.40. The molecule has 1 fully saturated rings. The van der Waals surface area contributed by atoms with Gasteiger partial charge >= 0.3 is 0 Å². The maximum absolute atomic E-state index is 5.83. The van der Waals surface area contributed by atoms with Gasteiger partial charge in [-0.15, -0.1) is 0 Å². The molecule has 102 valence electrons. The van der Waals surface area contributed by atoms with Crippen LogP contribution in [0.15, 0.2) is 24.3 Å². The number of fused-ring (bicyclic) bond motifs is 1. The molecular formula is C16H22N2O. The summed E-state index contributed by atoms with van der Waals surface area (Å²) in [5.41, 5.74) is 2.36. The van der Waals surface area contributed by atoms with Crippen LogP contribution in [0.25, 0.3) is 11.0 Å². The van der Waals surface area contributed by atoms with Crippen molar-refractivity contribution in [2.45, 2.75) is 51.7 Å². The maximum atomic E-state index is 5.83. The summed E-state index contributed by atoms with van der Waals surface area (Å²) in [5.74, 6) is 1.13. The Bertz CT molecular complexity index is 541. The second kappa shape index (κ2) is 5.74. The molecule has 0 saturated carbocycles. The normalized spacial score (nSPS) is 19.3. The maximum Gasteiger partial charge on any atom is 0.139 e. The van der Waals surface area contributed by atoms with Crippen LogP contribution in [0.2, 0.25) is 0 Å². The van der Waals surface area contributed by atoms with E-state index < -0.39 is 0 Å². The zero-order valence-electron chi connectivity index (χ0n) is 11.6. The predicted octanol–water partition coefficient (Wildman–Crippen LogP) is 4.08. The summed E-state index contributed by atoms with van der Waals surface area (Å²) < 4.78 is 8.21. The summed E-state index contributed by atoms with van der Waals surface area (Å²) >= 11 is 0. The Morgan fingerprint density at radius 1 is 1.32 bits per heavy atom. The number of aromatic nitrogens is 2. The molecule has 1 aliphatic rings. The minimum Gasteiger partial charge on any atom is -0.370 e. The summed E-state index contributed by atoms with van der Waals surface area (Å²) in [7, 11) is 0. The molecule has 2 aromatic rings. The molecule has 1 saturated heterocycles. The number of nitrogens with zero attached hydrogens (tertiary/aromatic N) is 2. The molecular weight excluding hydrogens is 236 g/mol. The van der Waals surface area contributed by atoms with Crippen LogP contribution in [0.5, 0.6) is 0 Å². The number of imidazole rings is 1. The van der Waals surface area contributed by atoms with Gasteiger partial charge in [-0.05, 0) is 31.4 Å². The number of benzene rings is 1. The molecule has 3 nitrogen and oxygen atoms in total. The standard InChI is InChI=1S/C16H22N2O/c1-2-3-6-11-18-14-9-5-4-8-13(14)17-16(18)15-10-7-12-19-15/h4-5,8-9,15H,2-3,6-7,10-12H2,1H3/t15-/m0/s1. The number of aryl methyl sites for hydroxylation is 1. The van der Waals surface area contributed by atoms with Gasteiger partial charge in [0.2, 0.25) is 0 Å². The van der Waals surface area contributed by atoms with Crippen LogP contribution in [-0.2, 0) is 11.3 Å². The zero-order valence-corrected chi connectivity index (χ0v) is 11.6. The third-order valence-corrected chi connectivity index (χ3v) is 3.89. The smallest absolute Gasteiger partial charge is 0.139 e. The summed E-state index contributed by atoms with van der Waals surface area (Å²) in [4.78, 5) is 4.81. The highest BCUT2D eigenvalue weighted by molar-refractivity contribution is 5.76. The second-order valence-electron chi connectivity index (χ2n) is 5.32. The SMILES string of the molecule is CCCCCn1c([C@@H]2CCCO2)nc2ccccc21. The van der Waals surface area contributed by atoms with E-state index in [1.807, 2.05) is 0 Å². The molecule has 0 spiro atoms. The summed E-state index contributed by atoms with van der Waals surface area (Å²) in [6.07, 6.45) is 6.21. The van der Waals surface area contributed by atoms with Gasteiger partial charge in [0.15, 0.2) is 0 Å². The number of hydrogen-bond donors (Lipinski definition) is 0. The number of rotatable bonds is 5. The molecule has 1 aliphatic heterocycles. The molecule has 1 aromatic carbocycles. The number of unbranched alkanes of at least 4 members (excludes halogenated alkanes) is 2. The molecule has 3 rings (SSSR count). The third-order valence-electron chi connectivity index (χ3n) is 3.89. The van der Waals surface area contributed by atoms with Crippen LogP contribution in [0.4, 0.5) is 0 Å². The molecule has 3 heteroatoms.